The number of piperidine rings is 3. The largest absolute Gasteiger partial charge is 0.399 e. The Bertz CT molecular complexity index is 858. The van der Waals surface area contributed by atoms with Crippen LogP contribution < -0.4 is 10.6 Å². The van der Waals surface area contributed by atoms with Gasteiger partial charge in [0.2, 0.25) is 5.91 Å². The number of quaternary nitrogens is 1. The summed E-state index contributed by atoms with van der Waals surface area (Å²) in [6.45, 7) is 4.96. The summed E-state index contributed by atoms with van der Waals surface area (Å²) < 4.78 is 1.97. The van der Waals surface area contributed by atoms with Gasteiger partial charge in [0, 0.05) is 37.2 Å². The number of nitrogen functional groups attached to an aromatic ring is 1. The van der Waals surface area contributed by atoms with Gasteiger partial charge in [-0.25, -0.2) is 4.68 Å². The second kappa shape index (κ2) is 7.20. The molecule has 7 heteroatoms. The molecule has 4 saturated heterocycles. The van der Waals surface area contributed by atoms with E-state index in [4.69, 9.17) is 5.73 Å². The number of hydrogen-bond acceptors (Lipinski definition) is 4. The summed E-state index contributed by atoms with van der Waals surface area (Å²) in [5.41, 5.74) is 8.49. The van der Waals surface area contributed by atoms with E-state index in [0.29, 0.717) is 17.9 Å². The van der Waals surface area contributed by atoms with Gasteiger partial charge in [-0.3, -0.25) is 4.79 Å². The van der Waals surface area contributed by atoms with Gasteiger partial charge in [-0.1, -0.05) is 17.3 Å². The molecule has 0 saturated carbocycles. The summed E-state index contributed by atoms with van der Waals surface area (Å²) >= 11 is 0. The van der Waals surface area contributed by atoms with Gasteiger partial charge in [-0.2, -0.15) is 0 Å². The monoisotopic (exact) mass is 381 g/mol. The summed E-state index contributed by atoms with van der Waals surface area (Å²) in [7, 11) is 0. The third-order valence-corrected chi connectivity index (χ3v) is 6.92. The number of nitrogens with one attached hydrogen (secondary N) is 1. The first kappa shape index (κ1) is 17.7. The molecular weight excluding hydrogens is 352 g/mol. The zero-order valence-electron chi connectivity index (χ0n) is 16.3. The third-order valence-electron chi connectivity index (χ3n) is 6.92. The van der Waals surface area contributed by atoms with E-state index in [9.17, 15) is 4.79 Å². The van der Waals surface area contributed by atoms with E-state index in [1.165, 1.54) is 25.8 Å². The van der Waals surface area contributed by atoms with Crippen LogP contribution in [0.25, 0.3) is 11.3 Å². The van der Waals surface area contributed by atoms with Crippen LogP contribution in [0.2, 0.25) is 0 Å². The minimum Gasteiger partial charge on any atom is -0.399 e. The Balaban J connectivity index is 1.25. The van der Waals surface area contributed by atoms with E-state index in [0.717, 1.165) is 49.5 Å². The maximum Gasteiger partial charge on any atom is 0.231 e. The van der Waals surface area contributed by atoms with Crippen molar-refractivity contribution in [1.82, 2.24) is 19.9 Å². The fourth-order valence-corrected chi connectivity index (χ4v) is 5.42. The molecule has 7 nitrogen and oxygen atoms in total. The summed E-state index contributed by atoms with van der Waals surface area (Å²) in [4.78, 5) is 16.6. The number of carbonyl (C=O) groups excluding carboxylic acids is 1. The van der Waals surface area contributed by atoms with E-state index in [1.54, 1.807) is 4.90 Å². The smallest absolute Gasteiger partial charge is 0.231 e. The van der Waals surface area contributed by atoms with Crippen LogP contribution in [0.15, 0.2) is 30.5 Å². The minimum absolute atomic E-state index is 0.233. The molecule has 2 aromatic rings. The molecule has 28 heavy (non-hydrogen) atoms. The van der Waals surface area contributed by atoms with E-state index in [-0.39, 0.29) is 5.92 Å². The van der Waals surface area contributed by atoms with Gasteiger partial charge in [0.05, 0.1) is 31.7 Å². The van der Waals surface area contributed by atoms with Crippen molar-refractivity contribution >= 4 is 11.6 Å². The van der Waals surface area contributed by atoms with Gasteiger partial charge in [-0.05, 0) is 30.9 Å². The van der Waals surface area contributed by atoms with Crippen LogP contribution in [-0.4, -0.2) is 58.0 Å². The van der Waals surface area contributed by atoms with Gasteiger partial charge < -0.3 is 15.5 Å². The first-order valence-corrected chi connectivity index (χ1v) is 10.6. The van der Waals surface area contributed by atoms with Gasteiger partial charge in [-0.15, -0.1) is 5.10 Å². The van der Waals surface area contributed by atoms with Crippen molar-refractivity contribution in [3.05, 3.63) is 30.5 Å². The average Bonchev–Trinajstić information content (AvgIpc) is 3.40. The fraction of sp³-hybridized carbons (Fsp3) is 0.571. The lowest BCUT2D eigenvalue weighted by Gasteiger charge is -2.46. The van der Waals surface area contributed by atoms with Crippen molar-refractivity contribution < 1.29 is 9.69 Å². The lowest BCUT2D eigenvalue weighted by atomic mass is 9.75. The second-order valence-corrected chi connectivity index (χ2v) is 8.68. The highest BCUT2D eigenvalue weighted by atomic mass is 16.2. The lowest BCUT2D eigenvalue weighted by Crippen LogP contribution is -3.20. The van der Waals surface area contributed by atoms with Crippen molar-refractivity contribution in [1.29, 1.82) is 0 Å². The first-order valence-electron chi connectivity index (χ1n) is 10.6. The third kappa shape index (κ3) is 3.28. The molecule has 0 aliphatic carbocycles. The number of amides is 1. The molecule has 2 bridgehead atoms. The van der Waals surface area contributed by atoms with E-state index in [1.807, 2.05) is 35.1 Å². The number of carbonyl (C=O) groups is 1. The number of likely N-dealkylation sites (tertiary alicyclic amines) is 1. The number of rotatable bonds is 4. The molecule has 1 unspecified atom stereocenters. The number of aromatic nitrogens is 3. The zero-order chi connectivity index (χ0) is 19.1. The number of fused-ring (bicyclic) bond motifs is 3. The van der Waals surface area contributed by atoms with E-state index < -0.39 is 0 Å². The highest BCUT2D eigenvalue weighted by molar-refractivity contribution is 5.79. The molecule has 1 aromatic carbocycles. The van der Waals surface area contributed by atoms with Crippen molar-refractivity contribution in [2.75, 3.05) is 31.9 Å². The molecule has 4 aliphatic rings. The van der Waals surface area contributed by atoms with Crippen LogP contribution in [0.5, 0.6) is 0 Å². The summed E-state index contributed by atoms with van der Waals surface area (Å²) in [5, 5.41) is 8.69. The quantitative estimate of drug-likeness (QED) is 0.753. The highest BCUT2D eigenvalue weighted by Gasteiger charge is 2.47. The van der Waals surface area contributed by atoms with E-state index >= 15 is 0 Å². The normalized spacial score (nSPS) is 29.4. The summed E-state index contributed by atoms with van der Waals surface area (Å²) in [5.74, 6) is 1.19. The Hall–Kier alpha value is -2.41. The van der Waals surface area contributed by atoms with Gasteiger partial charge >= 0.3 is 0 Å². The predicted molar refractivity (Wildman–Crippen MR) is 106 cm³/mol. The molecule has 0 spiro atoms. The predicted octanol–water partition coefficient (Wildman–Crippen LogP) is 0.443. The van der Waals surface area contributed by atoms with Crippen LogP contribution in [0.4, 0.5) is 5.69 Å². The zero-order valence-corrected chi connectivity index (χ0v) is 16.3. The Labute approximate surface area is 165 Å². The molecule has 0 radical (unpaired) electrons. The van der Waals surface area contributed by atoms with Crippen LogP contribution in [0.3, 0.4) is 0 Å². The van der Waals surface area contributed by atoms with E-state index in [2.05, 4.69) is 15.2 Å². The molecule has 3 N–H and O–H groups in total. The SMILES string of the molecule is Nc1cccc(-c2cn(C[C@H]3C[C@@H]4CC[NH+]3C[C@@H]4C(=O)N3CCCC3)nn2)c1. The Morgan fingerprint density at radius 2 is 2.14 bits per heavy atom. The van der Waals surface area contributed by atoms with Crippen LogP contribution in [-0.2, 0) is 11.3 Å². The van der Waals surface area contributed by atoms with Crippen molar-refractivity contribution in [2.24, 2.45) is 11.8 Å². The average molecular weight is 382 g/mol. The summed E-state index contributed by atoms with van der Waals surface area (Å²) in [6.07, 6.45) is 6.66. The Morgan fingerprint density at radius 3 is 2.89 bits per heavy atom. The molecule has 6 rings (SSSR count). The van der Waals surface area contributed by atoms with Gasteiger partial charge in [0.1, 0.15) is 11.7 Å². The molecular formula is C21H29N6O+. The maximum atomic E-state index is 12.9. The van der Waals surface area contributed by atoms with Gasteiger partial charge in [0.15, 0.2) is 0 Å². The number of hydrogen-bond donors (Lipinski definition) is 2. The number of nitrogens with two attached hydrogens (primary N) is 1. The lowest BCUT2D eigenvalue weighted by molar-refractivity contribution is -0.945. The summed E-state index contributed by atoms with van der Waals surface area (Å²) in [6, 6.07) is 8.29. The Kier molecular flexibility index (Phi) is 4.55. The molecule has 1 aromatic heterocycles. The van der Waals surface area contributed by atoms with Crippen LogP contribution >= 0.6 is 0 Å². The van der Waals surface area contributed by atoms with Gasteiger partial charge in [0.25, 0.3) is 0 Å². The topological polar surface area (TPSA) is 81.5 Å². The fourth-order valence-electron chi connectivity index (χ4n) is 5.42. The standard InChI is InChI=1S/C21H28N6O/c22-17-5-3-4-16(10-17)20-14-27(24-23-20)12-18-11-15-6-9-26(18)13-19(15)21(28)25-7-1-2-8-25/h3-5,10,14-15,18-19H,1-2,6-9,11-13,22H2/p+1/t15-,18+,19-/m0/s1. The second-order valence-electron chi connectivity index (χ2n) is 8.68. The number of nitrogens with zero attached hydrogens (tertiary/aromatic N) is 4. The molecule has 4 aliphatic heterocycles. The van der Waals surface area contributed by atoms with Crippen LogP contribution in [0.1, 0.15) is 25.7 Å². The minimum atomic E-state index is 0.233. The maximum absolute atomic E-state index is 12.9. The molecule has 5 heterocycles. The first-order chi connectivity index (χ1) is 13.7. The molecule has 4 fully saturated rings. The van der Waals surface area contributed by atoms with Crippen molar-refractivity contribution in [2.45, 2.75) is 38.3 Å². The molecule has 1 amide bonds. The van der Waals surface area contributed by atoms with Crippen molar-refractivity contribution in [3.8, 4) is 11.3 Å². The highest BCUT2D eigenvalue weighted by Crippen LogP contribution is 2.30. The number of anilines is 1. The molecule has 148 valence electrons. The van der Waals surface area contributed by atoms with Crippen LogP contribution in [0, 0.1) is 11.8 Å². The number of benzene rings is 1. The molecule has 4 atom stereocenters. The van der Waals surface area contributed by atoms with Crippen molar-refractivity contribution in [3.63, 3.8) is 0 Å². The Morgan fingerprint density at radius 1 is 1.29 bits per heavy atom.